The Morgan fingerprint density at radius 1 is 1.17 bits per heavy atom. The molecule has 0 radical (unpaired) electrons. The molecule has 1 unspecified atom stereocenters. The summed E-state index contributed by atoms with van der Waals surface area (Å²) in [5.41, 5.74) is 6.79. The van der Waals surface area contributed by atoms with Crippen LogP contribution in [0.25, 0.3) is 0 Å². The number of nitrogens with two attached hydrogens (primary N) is 1. The number of halogens is 1. The van der Waals surface area contributed by atoms with Crippen LogP contribution in [-0.4, -0.2) is 0 Å². The Hall–Kier alpha value is -0.910. The molecule has 0 bridgehead atoms. The molecule has 3 N–H and O–H groups in total. The molecule has 2 rings (SSSR count). The Bertz CT molecular complexity index is 525. The van der Waals surface area contributed by atoms with Gasteiger partial charge in [-0.1, -0.05) is 36.4 Å². The third-order valence-corrected chi connectivity index (χ3v) is 3.81. The van der Waals surface area contributed by atoms with Gasteiger partial charge in [0.05, 0.1) is 6.04 Å². The van der Waals surface area contributed by atoms with Crippen molar-refractivity contribution in [2.75, 3.05) is 0 Å². The maximum absolute atomic E-state index is 5.70. The Morgan fingerprint density at radius 2 is 1.94 bits per heavy atom. The van der Waals surface area contributed by atoms with E-state index in [0.29, 0.717) is 0 Å². The van der Waals surface area contributed by atoms with Gasteiger partial charge in [0, 0.05) is 3.57 Å². The van der Waals surface area contributed by atoms with Crippen LogP contribution >= 0.6 is 22.6 Å². The van der Waals surface area contributed by atoms with Crippen LogP contribution in [0.15, 0.2) is 48.5 Å². The van der Waals surface area contributed by atoms with Gasteiger partial charge in [-0.25, -0.2) is 0 Å². The summed E-state index contributed by atoms with van der Waals surface area (Å²) in [7, 11) is 0. The fourth-order valence-electron chi connectivity index (χ4n) is 2.06. The molecule has 94 valence electrons. The highest BCUT2D eigenvalue weighted by molar-refractivity contribution is 14.1. The second kappa shape index (κ2) is 6.31. The number of hydrogen-bond donors (Lipinski definition) is 2. The van der Waals surface area contributed by atoms with Crippen LogP contribution in [0.1, 0.15) is 22.7 Å². The minimum atomic E-state index is 0.154. The van der Waals surface area contributed by atoms with E-state index in [0.717, 1.165) is 6.42 Å². The van der Waals surface area contributed by atoms with E-state index in [9.17, 15) is 0 Å². The number of nitrogens with one attached hydrogen (secondary N) is 1. The van der Waals surface area contributed by atoms with E-state index in [1.54, 1.807) is 0 Å². The summed E-state index contributed by atoms with van der Waals surface area (Å²) >= 11 is 2.32. The summed E-state index contributed by atoms with van der Waals surface area (Å²) in [5, 5.41) is 0. The molecule has 0 amide bonds. The van der Waals surface area contributed by atoms with Gasteiger partial charge >= 0.3 is 0 Å². The highest BCUT2D eigenvalue weighted by Gasteiger charge is 2.11. The SMILES string of the molecule is Cc1ccccc1CC(NN)c1cccc(I)c1. The average Bonchev–Trinajstić information content (AvgIpc) is 2.38. The van der Waals surface area contributed by atoms with Gasteiger partial charge in [-0.15, -0.1) is 0 Å². The van der Waals surface area contributed by atoms with E-state index < -0.39 is 0 Å². The number of rotatable bonds is 4. The zero-order valence-corrected chi connectivity index (χ0v) is 12.5. The summed E-state index contributed by atoms with van der Waals surface area (Å²) in [4.78, 5) is 0. The largest absolute Gasteiger partial charge is 0.271 e. The molecular weight excluding hydrogens is 335 g/mol. The fourth-order valence-corrected chi connectivity index (χ4v) is 2.62. The summed E-state index contributed by atoms with van der Waals surface area (Å²) in [6.07, 6.45) is 0.906. The van der Waals surface area contributed by atoms with Gasteiger partial charge in [0.2, 0.25) is 0 Å². The first kappa shape index (κ1) is 13.5. The normalized spacial score (nSPS) is 12.4. The summed E-state index contributed by atoms with van der Waals surface area (Å²) < 4.78 is 1.23. The van der Waals surface area contributed by atoms with E-state index >= 15 is 0 Å². The van der Waals surface area contributed by atoms with Gasteiger partial charge < -0.3 is 0 Å². The zero-order valence-electron chi connectivity index (χ0n) is 10.4. The first-order chi connectivity index (χ1) is 8.70. The Balaban J connectivity index is 2.23. The molecule has 18 heavy (non-hydrogen) atoms. The molecule has 0 aliphatic carbocycles. The molecule has 0 saturated carbocycles. The first-order valence-electron chi connectivity index (χ1n) is 5.97. The minimum absolute atomic E-state index is 0.154. The van der Waals surface area contributed by atoms with E-state index in [2.05, 4.69) is 83.5 Å². The van der Waals surface area contributed by atoms with Gasteiger partial charge in [-0.2, -0.15) is 0 Å². The second-order valence-electron chi connectivity index (χ2n) is 4.40. The predicted molar refractivity (Wildman–Crippen MR) is 84.1 cm³/mol. The molecule has 0 aliphatic rings. The molecule has 3 heteroatoms. The highest BCUT2D eigenvalue weighted by Crippen LogP contribution is 2.21. The molecule has 2 aromatic rings. The second-order valence-corrected chi connectivity index (χ2v) is 5.65. The van der Waals surface area contributed by atoms with Crippen molar-refractivity contribution in [2.24, 2.45) is 5.84 Å². The first-order valence-corrected chi connectivity index (χ1v) is 7.04. The van der Waals surface area contributed by atoms with Crippen LogP contribution in [-0.2, 0) is 6.42 Å². The lowest BCUT2D eigenvalue weighted by atomic mass is 9.97. The van der Waals surface area contributed by atoms with Gasteiger partial charge in [0.1, 0.15) is 0 Å². The van der Waals surface area contributed by atoms with Gasteiger partial charge in [0.15, 0.2) is 0 Å². The number of hydrazine groups is 1. The number of aryl methyl sites for hydroxylation is 1. The van der Waals surface area contributed by atoms with Crippen LogP contribution in [0.5, 0.6) is 0 Å². The monoisotopic (exact) mass is 352 g/mol. The van der Waals surface area contributed by atoms with Gasteiger partial charge in [-0.3, -0.25) is 11.3 Å². The van der Waals surface area contributed by atoms with Crippen molar-refractivity contribution in [3.05, 3.63) is 68.8 Å². The van der Waals surface area contributed by atoms with Crippen molar-refractivity contribution in [3.8, 4) is 0 Å². The van der Waals surface area contributed by atoms with Crippen LogP contribution in [0, 0.1) is 10.5 Å². The molecule has 0 spiro atoms. The Labute approximate surface area is 122 Å². The maximum atomic E-state index is 5.70. The molecule has 0 fully saturated rings. The minimum Gasteiger partial charge on any atom is -0.271 e. The Morgan fingerprint density at radius 3 is 2.61 bits per heavy atom. The van der Waals surface area contributed by atoms with Crippen molar-refractivity contribution >= 4 is 22.6 Å². The van der Waals surface area contributed by atoms with Gasteiger partial charge in [-0.05, 0) is 64.8 Å². The van der Waals surface area contributed by atoms with Crippen molar-refractivity contribution in [1.82, 2.24) is 5.43 Å². The fraction of sp³-hybridized carbons (Fsp3) is 0.200. The van der Waals surface area contributed by atoms with Crippen molar-refractivity contribution in [1.29, 1.82) is 0 Å². The van der Waals surface area contributed by atoms with Crippen LogP contribution in [0.4, 0.5) is 0 Å². The van der Waals surface area contributed by atoms with Gasteiger partial charge in [0.25, 0.3) is 0 Å². The number of hydrogen-bond acceptors (Lipinski definition) is 2. The smallest absolute Gasteiger partial charge is 0.0500 e. The van der Waals surface area contributed by atoms with Crippen molar-refractivity contribution in [2.45, 2.75) is 19.4 Å². The zero-order chi connectivity index (χ0) is 13.0. The molecule has 2 aromatic carbocycles. The molecule has 2 nitrogen and oxygen atoms in total. The lowest BCUT2D eigenvalue weighted by Gasteiger charge is -2.18. The van der Waals surface area contributed by atoms with Crippen molar-refractivity contribution < 1.29 is 0 Å². The lowest BCUT2D eigenvalue weighted by molar-refractivity contribution is 0.550. The van der Waals surface area contributed by atoms with E-state index in [1.165, 1.54) is 20.3 Å². The lowest BCUT2D eigenvalue weighted by Crippen LogP contribution is -2.29. The maximum Gasteiger partial charge on any atom is 0.0500 e. The molecule has 1 atom stereocenters. The third kappa shape index (κ3) is 3.31. The molecular formula is C15H17IN2. The topological polar surface area (TPSA) is 38.0 Å². The summed E-state index contributed by atoms with van der Waals surface area (Å²) in [5.74, 6) is 5.70. The molecule has 0 saturated heterocycles. The summed E-state index contributed by atoms with van der Waals surface area (Å²) in [6.45, 7) is 2.14. The number of benzene rings is 2. The molecule has 0 aliphatic heterocycles. The van der Waals surface area contributed by atoms with E-state index in [1.807, 2.05) is 0 Å². The average molecular weight is 352 g/mol. The standard InChI is InChI=1S/C15H17IN2/c1-11-5-2-3-6-12(11)10-15(18-17)13-7-4-8-14(16)9-13/h2-9,15,18H,10,17H2,1H3. The van der Waals surface area contributed by atoms with Crippen LogP contribution in [0.2, 0.25) is 0 Å². The van der Waals surface area contributed by atoms with Crippen LogP contribution < -0.4 is 11.3 Å². The third-order valence-electron chi connectivity index (χ3n) is 3.14. The highest BCUT2D eigenvalue weighted by atomic mass is 127. The van der Waals surface area contributed by atoms with E-state index in [4.69, 9.17) is 5.84 Å². The summed E-state index contributed by atoms with van der Waals surface area (Å²) in [6, 6.07) is 17.0. The molecule has 0 aromatic heterocycles. The van der Waals surface area contributed by atoms with Crippen molar-refractivity contribution in [3.63, 3.8) is 0 Å². The Kier molecular flexibility index (Phi) is 4.74. The predicted octanol–water partition coefficient (Wildman–Crippen LogP) is 3.35. The van der Waals surface area contributed by atoms with Crippen LogP contribution in [0.3, 0.4) is 0 Å². The molecule has 0 heterocycles. The van der Waals surface area contributed by atoms with E-state index in [-0.39, 0.29) is 6.04 Å². The quantitative estimate of drug-likeness (QED) is 0.503.